The molecular weight excluding hydrogens is 160 g/mol. The van der Waals surface area contributed by atoms with Gasteiger partial charge in [0.25, 0.3) is 0 Å². The molecule has 0 aromatic rings. The van der Waals surface area contributed by atoms with Crippen molar-refractivity contribution in [3.63, 3.8) is 0 Å². The summed E-state index contributed by atoms with van der Waals surface area (Å²) in [6.07, 6.45) is 2.44. The Bertz CT molecular complexity index is 187. The summed E-state index contributed by atoms with van der Waals surface area (Å²) in [7, 11) is 0. The normalized spacial score (nSPS) is 19.7. The Hall–Kier alpha value is -1.06. The zero-order valence-electron chi connectivity index (χ0n) is 6.75. The minimum Gasteiger partial charge on any atom is -0.481 e. The second kappa shape index (κ2) is 3.13. The van der Waals surface area contributed by atoms with Crippen LogP contribution in [0, 0.1) is 5.41 Å². The third kappa shape index (κ3) is 1.96. The van der Waals surface area contributed by atoms with Gasteiger partial charge < -0.3 is 10.2 Å². The van der Waals surface area contributed by atoms with E-state index in [1.165, 1.54) is 0 Å². The zero-order chi connectivity index (χ0) is 9.19. The van der Waals surface area contributed by atoms with Crippen LogP contribution in [0.2, 0.25) is 0 Å². The van der Waals surface area contributed by atoms with Crippen molar-refractivity contribution >= 4 is 11.9 Å². The maximum Gasteiger partial charge on any atom is 0.303 e. The fourth-order valence-electron chi connectivity index (χ4n) is 1.73. The number of carboxylic acid groups (broad SMARTS) is 2. The number of hydrogen-bond donors (Lipinski definition) is 2. The highest BCUT2D eigenvalue weighted by molar-refractivity contribution is 5.72. The third-order valence-corrected chi connectivity index (χ3v) is 2.47. The quantitative estimate of drug-likeness (QED) is 0.666. The Labute approximate surface area is 70.2 Å². The molecule has 68 valence electrons. The van der Waals surface area contributed by atoms with Gasteiger partial charge in [0, 0.05) is 0 Å². The SMILES string of the molecule is O=C(O)CC1(CC(=O)O)CCC1. The molecule has 1 aliphatic rings. The minimum atomic E-state index is -0.893. The number of hydrogen-bond acceptors (Lipinski definition) is 2. The molecule has 1 saturated carbocycles. The van der Waals surface area contributed by atoms with Gasteiger partial charge in [-0.25, -0.2) is 0 Å². The molecule has 1 aliphatic carbocycles. The van der Waals surface area contributed by atoms with Crippen molar-refractivity contribution in [3.05, 3.63) is 0 Å². The van der Waals surface area contributed by atoms with Crippen LogP contribution in [0.1, 0.15) is 32.1 Å². The maximum atomic E-state index is 10.4. The molecule has 0 amide bonds. The molecule has 1 rings (SSSR count). The lowest BCUT2D eigenvalue weighted by Crippen LogP contribution is -2.34. The molecule has 0 bridgehead atoms. The van der Waals surface area contributed by atoms with E-state index < -0.39 is 17.4 Å². The first-order chi connectivity index (χ1) is 5.54. The van der Waals surface area contributed by atoms with E-state index in [2.05, 4.69) is 0 Å². The lowest BCUT2D eigenvalue weighted by molar-refractivity contribution is -0.146. The van der Waals surface area contributed by atoms with Gasteiger partial charge in [-0.15, -0.1) is 0 Å². The van der Waals surface area contributed by atoms with E-state index in [-0.39, 0.29) is 12.8 Å². The van der Waals surface area contributed by atoms with Gasteiger partial charge in [-0.3, -0.25) is 9.59 Å². The molecule has 4 nitrogen and oxygen atoms in total. The number of carbonyl (C=O) groups is 2. The molecular formula is C8H12O4. The van der Waals surface area contributed by atoms with Crippen LogP contribution in [-0.4, -0.2) is 22.2 Å². The fourth-order valence-corrected chi connectivity index (χ4v) is 1.73. The van der Waals surface area contributed by atoms with E-state index in [1.54, 1.807) is 0 Å². The van der Waals surface area contributed by atoms with Gasteiger partial charge in [-0.1, -0.05) is 6.42 Å². The summed E-state index contributed by atoms with van der Waals surface area (Å²) >= 11 is 0. The van der Waals surface area contributed by atoms with Crippen LogP contribution in [0.25, 0.3) is 0 Å². The summed E-state index contributed by atoms with van der Waals surface area (Å²) < 4.78 is 0. The van der Waals surface area contributed by atoms with E-state index >= 15 is 0 Å². The monoisotopic (exact) mass is 172 g/mol. The van der Waals surface area contributed by atoms with Gasteiger partial charge in [-0.2, -0.15) is 0 Å². The second-order valence-corrected chi connectivity index (χ2v) is 3.49. The highest BCUT2D eigenvalue weighted by atomic mass is 16.4. The summed E-state index contributed by atoms with van der Waals surface area (Å²) in [4.78, 5) is 20.8. The van der Waals surface area contributed by atoms with Gasteiger partial charge in [-0.05, 0) is 18.3 Å². The van der Waals surface area contributed by atoms with Crippen molar-refractivity contribution in [2.45, 2.75) is 32.1 Å². The second-order valence-electron chi connectivity index (χ2n) is 3.49. The van der Waals surface area contributed by atoms with Gasteiger partial charge in [0.1, 0.15) is 0 Å². The Morgan fingerprint density at radius 2 is 1.50 bits per heavy atom. The molecule has 0 aromatic heterocycles. The molecule has 0 unspecified atom stereocenters. The van der Waals surface area contributed by atoms with Crippen molar-refractivity contribution in [1.82, 2.24) is 0 Å². The summed E-state index contributed by atoms with van der Waals surface area (Å²) in [6.45, 7) is 0. The average molecular weight is 172 g/mol. The molecule has 0 atom stereocenters. The number of aliphatic carboxylic acids is 2. The predicted octanol–water partition coefficient (Wildman–Crippen LogP) is 1.11. The van der Waals surface area contributed by atoms with Crippen molar-refractivity contribution in [1.29, 1.82) is 0 Å². The summed E-state index contributed by atoms with van der Waals surface area (Å²) in [6, 6.07) is 0. The molecule has 0 spiro atoms. The highest BCUT2D eigenvalue weighted by Gasteiger charge is 2.40. The van der Waals surface area contributed by atoms with E-state index in [1.807, 2.05) is 0 Å². The van der Waals surface area contributed by atoms with Crippen LogP contribution in [0.4, 0.5) is 0 Å². The van der Waals surface area contributed by atoms with Gasteiger partial charge in [0.15, 0.2) is 0 Å². The van der Waals surface area contributed by atoms with Gasteiger partial charge >= 0.3 is 11.9 Å². The molecule has 0 saturated heterocycles. The molecule has 12 heavy (non-hydrogen) atoms. The smallest absolute Gasteiger partial charge is 0.303 e. The van der Waals surface area contributed by atoms with Crippen LogP contribution in [-0.2, 0) is 9.59 Å². The molecule has 0 aromatic carbocycles. The van der Waals surface area contributed by atoms with Crippen LogP contribution in [0.3, 0.4) is 0 Å². The maximum absolute atomic E-state index is 10.4. The van der Waals surface area contributed by atoms with Crippen molar-refractivity contribution < 1.29 is 19.8 Å². The first-order valence-corrected chi connectivity index (χ1v) is 3.98. The van der Waals surface area contributed by atoms with Crippen LogP contribution >= 0.6 is 0 Å². The topological polar surface area (TPSA) is 74.6 Å². The van der Waals surface area contributed by atoms with E-state index in [0.717, 1.165) is 19.3 Å². The summed E-state index contributed by atoms with van der Waals surface area (Å²) in [5, 5.41) is 17.1. The Kier molecular flexibility index (Phi) is 2.35. The molecule has 0 heterocycles. The summed E-state index contributed by atoms with van der Waals surface area (Å²) in [5.74, 6) is -1.79. The molecule has 1 fully saturated rings. The van der Waals surface area contributed by atoms with E-state index in [4.69, 9.17) is 10.2 Å². The van der Waals surface area contributed by atoms with E-state index in [9.17, 15) is 9.59 Å². The largest absolute Gasteiger partial charge is 0.481 e. The Morgan fingerprint density at radius 3 is 1.67 bits per heavy atom. The first kappa shape index (κ1) is 9.03. The highest BCUT2D eigenvalue weighted by Crippen LogP contribution is 2.46. The van der Waals surface area contributed by atoms with Crippen molar-refractivity contribution in [2.24, 2.45) is 5.41 Å². The van der Waals surface area contributed by atoms with Gasteiger partial charge in [0.05, 0.1) is 12.8 Å². The Balaban J connectivity index is 2.50. The molecule has 0 radical (unpaired) electrons. The van der Waals surface area contributed by atoms with E-state index in [0.29, 0.717) is 0 Å². The average Bonchev–Trinajstić information content (AvgIpc) is 1.80. The standard InChI is InChI=1S/C8H12O4/c9-6(10)4-8(2-1-3-8)5-7(11)12/h1-5H2,(H,9,10)(H,11,12). The van der Waals surface area contributed by atoms with Crippen LogP contribution in [0.5, 0.6) is 0 Å². The first-order valence-electron chi connectivity index (χ1n) is 3.98. The van der Waals surface area contributed by atoms with Crippen LogP contribution in [0.15, 0.2) is 0 Å². The van der Waals surface area contributed by atoms with Crippen LogP contribution < -0.4 is 0 Å². The Morgan fingerprint density at radius 1 is 1.08 bits per heavy atom. The zero-order valence-corrected chi connectivity index (χ0v) is 6.75. The fraction of sp³-hybridized carbons (Fsp3) is 0.750. The van der Waals surface area contributed by atoms with Gasteiger partial charge in [0.2, 0.25) is 0 Å². The molecule has 4 heteroatoms. The lowest BCUT2D eigenvalue weighted by Gasteiger charge is -2.39. The predicted molar refractivity (Wildman–Crippen MR) is 40.8 cm³/mol. The van der Waals surface area contributed by atoms with Crippen molar-refractivity contribution in [2.75, 3.05) is 0 Å². The molecule has 0 aliphatic heterocycles. The number of rotatable bonds is 4. The minimum absolute atomic E-state index is 0.000694. The third-order valence-electron chi connectivity index (χ3n) is 2.47. The molecule has 2 N–H and O–H groups in total. The van der Waals surface area contributed by atoms with Crippen molar-refractivity contribution in [3.8, 4) is 0 Å². The lowest BCUT2D eigenvalue weighted by atomic mass is 9.65. The number of carboxylic acids is 2. The summed E-state index contributed by atoms with van der Waals surface area (Å²) in [5.41, 5.74) is -0.433.